The molecule has 0 bridgehead atoms. The van der Waals surface area contributed by atoms with Crippen LogP contribution in [0.2, 0.25) is 0 Å². The lowest BCUT2D eigenvalue weighted by Crippen LogP contribution is -2.14. The lowest BCUT2D eigenvalue weighted by molar-refractivity contribution is 0.601. The highest BCUT2D eigenvalue weighted by Gasteiger charge is 2.15. The van der Waals surface area contributed by atoms with Gasteiger partial charge in [0.05, 0.1) is 10.6 Å². The van der Waals surface area contributed by atoms with Crippen molar-refractivity contribution >= 4 is 15.7 Å². The highest BCUT2D eigenvalue weighted by molar-refractivity contribution is 7.92. The molecule has 0 aliphatic heterocycles. The standard InChI is InChI=1S/C17H21NO2S/c1-4-14-7-5-6-8-17(14)18-21(19,20)16-11-9-15(10-12-16)13(2)3/h5-13,18H,4H2,1-3H3. The summed E-state index contributed by atoms with van der Waals surface area (Å²) >= 11 is 0. The van der Waals surface area contributed by atoms with Gasteiger partial charge in [-0.25, -0.2) is 8.42 Å². The Balaban J connectivity index is 2.30. The molecule has 0 radical (unpaired) electrons. The molecular weight excluding hydrogens is 282 g/mol. The van der Waals surface area contributed by atoms with Gasteiger partial charge < -0.3 is 0 Å². The van der Waals surface area contributed by atoms with Crippen LogP contribution >= 0.6 is 0 Å². The van der Waals surface area contributed by atoms with E-state index in [2.05, 4.69) is 18.6 Å². The molecule has 112 valence electrons. The van der Waals surface area contributed by atoms with Crippen molar-refractivity contribution in [3.8, 4) is 0 Å². The molecule has 0 fully saturated rings. The maximum absolute atomic E-state index is 12.4. The summed E-state index contributed by atoms with van der Waals surface area (Å²) in [5, 5.41) is 0. The molecule has 0 saturated carbocycles. The Morgan fingerprint density at radius 1 is 1.00 bits per heavy atom. The van der Waals surface area contributed by atoms with Crippen LogP contribution in [0.5, 0.6) is 0 Å². The van der Waals surface area contributed by atoms with Gasteiger partial charge in [0, 0.05) is 0 Å². The highest BCUT2D eigenvalue weighted by atomic mass is 32.2. The Kier molecular flexibility index (Phi) is 4.68. The Bertz CT molecular complexity index is 704. The zero-order valence-electron chi connectivity index (χ0n) is 12.6. The number of nitrogens with one attached hydrogen (secondary N) is 1. The zero-order chi connectivity index (χ0) is 15.5. The van der Waals surface area contributed by atoms with Gasteiger partial charge in [0.25, 0.3) is 10.0 Å². The molecule has 0 spiro atoms. The van der Waals surface area contributed by atoms with Gasteiger partial charge in [0.2, 0.25) is 0 Å². The lowest BCUT2D eigenvalue weighted by atomic mass is 10.0. The first-order valence-corrected chi connectivity index (χ1v) is 8.63. The van der Waals surface area contributed by atoms with Gasteiger partial charge in [-0.1, -0.05) is 51.1 Å². The molecule has 21 heavy (non-hydrogen) atoms. The van der Waals surface area contributed by atoms with Crippen molar-refractivity contribution in [2.45, 2.75) is 38.0 Å². The molecule has 1 N–H and O–H groups in total. The first-order chi connectivity index (χ1) is 9.94. The number of hydrogen-bond acceptors (Lipinski definition) is 2. The van der Waals surface area contributed by atoms with Crippen molar-refractivity contribution in [3.63, 3.8) is 0 Å². The van der Waals surface area contributed by atoms with Crippen LogP contribution in [-0.4, -0.2) is 8.42 Å². The highest BCUT2D eigenvalue weighted by Crippen LogP contribution is 2.22. The third kappa shape index (κ3) is 3.64. The fourth-order valence-electron chi connectivity index (χ4n) is 2.16. The van der Waals surface area contributed by atoms with E-state index in [-0.39, 0.29) is 4.90 Å². The van der Waals surface area contributed by atoms with Crippen LogP contribution in [0.1, 0.15) is 37.8 Å². The minimum Gasteiger partial charge on any atom is -0.279 e. The summed E-state index contributed by atoms with van der Waals surface area (Å²) in [5.41, 5.74) is 2.76. The molecule has 0 unspecified atom stereocenters. The van der Waals surface area contributed by atoms with Crippen LogP contribution in [0.3, 0.4) is 0 Å². The van der Waals surface area contributed by atoms with Crippen molar-refractivity contribution < 1.29 is 8.42 Å². The van der Waals surface area contributed by atoms with E-state index in [0.29, 0.717) is 11.6 Å². The fourth-order valence-corrected chi connectivity index (χ4v) is 3.26. The molecular formula is C17H21NO2S. The maximum atomic E-state index is 12.4. The Hall–Kier alpha value is -1.81. The second kappa shape index (κ2) is 6.31. The van der Waals surface area contributed by atoms with Crippen molar-refractivity contribution in [2.24, 2.45) is 0 Å². The van der Waals surface area contributed by atoms with Crippen LogP contribution in [0.4, 0.5) is 5.69 Å². The number of benzene rings is 2. The van der Waals surface area contributed by atoms with E-state index in [1.807, 2.05) is 37.3 Å². The van der Waals surface area contributed by atoms with Crippen LogP contribution in [-0.2, 0) is 16.4 Å². The van der Waals surface area contributed by atoms with E-state index >= 15 is 0 Å². The van der Waals surface area contributed by atoms with Gasteiger partial charge in [-0.2, -0.15) is 0 Å². The molecule has 0 aliphatic carbocycles. The lowest BCUT2D eigenvalue weighted by Gasteiger charge is -2.12. The number of aryl methyl sites for hydroxylation is 1. The van der Waals surface area contributed by atoms with Crippen molar-refractivity contribution in [3.05, 3.63) is 59.7 Å². The van der Waals surface area contributed by atoms with Crippen LogP contribution in [0.15, 0.2) is 53.4 Å². The normalized spacial score (nSPS) is 11.6. The fraction of sp³-hybridized carbons (Fsp3) is 0.294. The Morgan fingerprint density at radius 3 is 2.19 bits per heavy atom. The summed E-state index contributed by atoms with van der Waals surface area (Å²) in [6.07, 6.45) is 0.783. The summed E-state index contributed by atoms with van der Waals surface area (Å²) in [5.74, 6) is 0.385. The second-order valence-electron chi connectivity index (χ2n) is 5.34. The Morgan fingerprint density at radius 2 is 1.62 bits per heavy atom. The summed E-state index contributed by atoms with van der Waals surface area (Å²) in [6, 6.07) is 14.5. The third-order valence-corrected chi connectivity index (χ3v) is 4.88. The quantitative estimate of drug-likeness (QED) is 0.901. The Labute approximate surface area is 127 Å². The van der Waals surface area contributed by atoms with Crippen LogP contribution in [0.25, 0.3) is 0 Å². The van der Waals surface area contributed by atoms with Gasteiger partial charge in [0.15, 0.2) is 0 Å². The average molecular weight is 303 g/mol. The second-order valence-corrected chi connectivity index (χ2v) is 7.02. The zero-order valence-corrected chi connectivity index (χ0v) is 13.4. The molecule has 2 aromatic rings. The summed E-state index contributed by atoms with van der Waals surface area (Å²) in [6.45, 7) is 6.17. The van der Waals surface area contributed by atoms with E-state index in [1.165, 1.54) is 0 Å². The molecule has 0 atom stereocenters. The number of sulfonamides is 1. The minimum atomic E-state index is -3.54. The molecule has 0 amide bonds. The van der Waals surface area contributed by atoms with Crippen LogP contribution in [0, 0.1) is 0 Å². The molecule has 3 nitrogen and oxygen atoms in total. The summed E-state index contributed by atoms with van der Waals surface area (Å²) in [7, 11) is -3.54. The molecule has 2 rings (SSSR count). The monoisotopic (exact) mass is 303 g/mol. The smallest absolute Gasteiger partial charge is 0.261 e. The first-order valence-electron chi connectivity index (χ1n) is 7.14. The number of para-hydroxylation sites is 1. The minimum absolute atomic E-state index is 0.290. The predicted molar refractivity (Wildman–Crippen MR) is 87.2 cm³/mol. The molecule has 0 heterocycles. The van der Waals surface area contributed by atoms with Gasteiger partial charge in [-0.15, -0.1) is 0 Å². The van der Waals surface area contributed by atoms with E-state index < -0.39 is 10.0 Å². The van der Waals surface area contributed by atoms with Gasteiger partial charge in [-0.05, 0) is 41.7 Å². The number of rotatable bonds is 5. The predicted octanol–water partition coefficient (Wildman–Crippen LogP) is 4.17. The van der Waals surface area contributed by atoms with E-state index in [0.717, 1.165) is 17.5 Å². The topological polar surface area (TPSA) is 46.2 Å². The summed E-state index contributed by atoms with van der Waals surface area (Å²) in [4.78, 5) is 0.290. The molecule has 0 aliphatic rings. The van der Waals surface area contributed by atoms with E-state index in [4.69, 9.17) is 0 Å². The van der Waals surface area contributed by atoms with Gasteiger partial charge >= 0.3 is 0 Å². The first kappa shape index (κ1) is 15.6. The van der Waals surface area contributed by atoms with Crippen molar-refractivity contribution in [1.29, 1.82) is 0 Å². The van der Waals surface area contributed by atoms with Gasteiger partial charge in [0.1, 0.15) is 0 Å². The third-order valence-electron chi connectivity index (χ3n) is 3.50. The van der Waals surface area contributed by atoms with Gasteiger partial charge in [-0.3, -0.25) is 4.72 Å². The van der Waals surface area contributed by atoms with Crippen molar-refractivity contribution in [2.75, 3.05) is 4.72 Å². The SMILES string of the molecule is CCc1ccccc1NS(=O)(=O)c1ccc(C(C)C)cc1. The van der Waals surface area contributed by atoms with E-state index in [9.17, 15) is 8.42 Å². The number of hydrogen-bond donors (Lipinski definition) is 1. The largest absolute Gasteiger partial charge is 0.279 e. The number of anilines is 1. The molecule has 4 heteroatoms. The van der Waals surface area contributed by atoms with Crippen molar-refractivity contribution in [1.82, 2.24) is 0 Å². The molecule has 0 saturated heterocycles. The molecule has 0 aromatic heterocycles. The maximum Gasteiger partial charge on any atom is 0.261 e. The molecule has 2 aromatic carbocycles. The van der Waals surface area contributed by atoms with Crippen LogP contribution < -0.4 is 4.72 Å². The summed E-state index contributed by atoms with van der Waals surface area (Å²) < 4.78 is 27.6. The van der Waals surface area contributed by atoms with E-state index in [1.54, 1.807) is 18.2 Å². The average Bonchev–Trinajstić information content (AvgIpc) is 2.47.